The van der Waals surface area contributed by atoms with Crippen LogP contribution in [0.3, 0.4) is 0 Å². The van der Waals surface area contributed by atoms with Crippen molar-refractivity contribution in [3.05, 3.63) is 58.4 Å². The van der Waals surface area contributed by atoms with Crippen LogP contribution in [0.5, 0.6) is 0 Å². The third-order valence-corrected chi connectivity index (χ3v) is 4.11. The van der Waals surface area contributed by atoms with Gasteiger partial charge in [-0.3, -0.25) is 0 Å². The third-order valence-electron chi connectivity index (χ3n) is 3.12. The molecule has 4 aromatic rings. The molecule has 0 aliphatic rings. The van der Waals surface area contributed by atoms with Crippen LogP contribution in [-0.4, -0.2) is 19.6 Å². The Bertz CT molecular complexity index is 912. The Labute approximate surface area is 123 Å². The van der Waals surface area contributed by atoms with Gasteiger partial charge in [-0.1, -0.05) is 17.7 Å². The number of nitrogens with zero attached hydrogens (tertiary/aromatic N) is 4. The van der Waals surface area contributed by atoms with E-state index < -0.39 is 0 Å². The van der Waals surface area contributed by atoms with Gasteiger partial charge in [0.25, 0.3) is 0 Å². The first-order valence-electron chi connectivity index (χ1n) is 6.11. The van der Waals surface area contributed by atoms with E-state index in [1.54, 1.807) is 21.9 Å². The van der Waals surface area contributed by atoms with Crippen LogP contribution >= 0.6 is 22.9 Å². The molecule has 0 amide bonds. The minimum Gasteiger partial charge on any atom is -0.245 e. The van der Waals surface area contributed by atoms with Gasteiger partial charge in [0.05, 0.1) is 27.6 Å². The highest BCUT2D eigenvalue weighted by Gasteiger charge is 2.05. The molecule has 0 atom stereocenters. The van der Waals surface area contributed by atoms with Crippen LogP contribution in [0.2, 0.25) is 5.15 Å². The number of imidazole rings is 1. The molecule has 3 heterocycles. The number of fused-ring (bicyclic) bond motifs is 2. The summed E-state index contributed by atoms with van der Waals surface area (Å²) < 4.78 is 2.91. The summed E-state index contributed by atoms with van der Waals surface area (Å²) in [4.78, 5) is 8.83. The standard InChI is InChI=1S/C14H9ClN4S/c15-13-3-4-14-17-10(7-19(14)18-13)5-9-1-2-11-12(6-9)20-8-16-11/h1-4,6-8H,5H2. The van der Waals surface area contributed by atoms with Crippen molar-refractivity contribution in [3.63, 3.8) is 0 Å². The van der Waals surface area contributed by atoms with E-state index in [2.05, 4.69) is 27.2 Å². The lowest BCUT2D eigenvalue weighted by Gasteiger charge is -1.97. The average molecular weight is 301 g/mol. The summed E-state index contributed by atoms with van der Waals surface area (Å²) in [5.74, 6) is 0. The van der Waals surface area contributed by atoms with Gasteiger partial charge < -0.3 is 0 Å². The molecule has 3 aromatic heterocycles. The largest absolute Gasteiger partial charge is 0.245 e. The Morgan fingerprint density at radius 1 is 1.20 bits per heavy atom. The van der Waals surface area contributed by atoms with Gasteiger partial charge in [-0.25, -0.2) is 14.5 Å². The Kier molecular flexibility index (Phi) is 2.68. The zero-order chi connectivity index (χ0) is 13.5. The molecule has 0 unspecified atom stereocenters. The minimum absolute atomic E-state index is 0.465. The van der Waals surface area contributed by atoms with Crippen molar-refractivity contribution in [2.75, 3.05) is 0 Å². The number of hydrogen-bond acceptors (Lipinski definition) is 4. The maximum atomic E-state index is 5.88. The van der Waals surface area contributed by atoms with E-state index in [-0.39, 0.29) is 0 Å². The predicted molar refractivity (Wildman–Crippen MR) is 80.4 cm³/mol. The molecular weight excluding hydrogens is 292 g/mol. The highest BCUT2D eigenvalue weighted by Crippen LogP contribution is 2.20. The summed E-state index contributed by atoms with van der Waals surface area (Å²) in [6, 6.07) is 9.91. The van der Waals surface area contributed by atoms with Crippen molar-refractivity contribution in [2.45, 2.75) is 6.42 Å². The topological polar surface area (TPSA) is 43.1 Å². The summed E-state index contributed by atoms with van der Waals surface area (Å²) in [6.45, 7) is 0. The first-order valence-corrected chi connectivity index (χ1v) is 7.37. The molecule has 4 nitrogen and oxygen atoms in total. The molecular formula is C14H9ClN4S. The van der Waals surface area contributed by atoms with E-state index in [1.165, 1.54) is 10.3 Å². The van der Waals surface area contributed by atoms with Crippen LogP contribution in [0, 0.1) is 0 Å². The summed E-state index contributed by atoms with van der Waals surface area (Å²) in [5.41, 5.74) is 5.91. The number of aromatic nitrogens is 4. The molecule has 0 radical (unpaired) electrons. The Hall–Kier alpha value is -1.98. The zero-order valence-corrected chi connectivity index (χ0v) is 11.9. The third kappa shape index (κ3) is 2.05. The molecule has 0 fully saturated rings. The average Bonchev–Trinajstić information content (AvgIpc) is 3.03. The number of rotatable bonds is 2. The van der Waals surface area contributed by atoms with Crippen molar-refractivity contribution in [3.8, 4) is 0 Å². The SMILES string of the molecule is Clc1ccc2nc(Cc3ccc4ncsc4c3)cn2n1. The second kappa shape index (κ2) is 4.54. The van der Waals surface area contributed by atoms with E-state index in [1.807, 2.05) is 23.8 Å². The van der Waals surface area contributed by atoms with Gasteiger partial charge in [-0.05, 0) is 29.8 Å². The fourth-order valence-corrected chi connectivity index (χ4v) is 3.10. The molecule has 0 bridgehead atoms. The number of thiazole rings is 1. The van der Waals surface area contributed by atoms with Crippen molar-refractivity contribution >= 4 is 38.8 Å². The summed E-state index contributed by atoms with van der Waals surface area (Å²) in [7, 11) is 0. The molecule has 0 saturated carbocycles. The van der Waals surface area contributed by atoms with E-state index in [0.29, 0.717) is 5.15 Å². The van der Waals surface area contributed by atoms with Crippen molar-refractivity contribution in [2.24, 2.45) is 0 Å². The van der Waals surface area contributed by atoms with Crippen LogP contribution in [0.4, 0.5) is 0 Å². The van der Waals surface area contributed by atoms with Crippen LogP contribution in [0.15, 0.2) is 42.0 Å². The highest BCUT2D eigenvalue weighted by molar-refractivity contribution is 7.16. The zero-order valence-electron chi connectivity index (χ0n) is 10.3. The van der Waals surface area contributed by atoms with E-state index >= 15 is 0 Å². The Morgan fingerprint density at radius 3 is 3.10 bits per heavy atom. The lowest BCUT2D eigenvalue weighted by Crippen LogP contribution is -1.88. The summed E-state index contributed by atoms with van der Waals surface area (Å²) in [6.07, 6.45) is 2.69. The quantitative estimate of drug-likeness (QED) is 0.568. The maximum Gasteiger partial charge on any atom is 0.153 e. The lowest BCUT2D eigenvalue weighted by molar-refractivity contribution is 0.933. The molecule has 98 valence electrons. The number of halogens is 1. The monoisotopic (exact) mass is 300 g/mol. The summed E-state index contributed by atoms with van der Waals surface area (Å²) >= 11 is 7.53. The predicted octanol–water partition coefficient (Wildman–Crippen LogP) is 3.58. The maximum absolute atomic E-state index is 5.88. The second-order valence-corrected chi connectivity index (χ2v) is 5.80. The molecule has 0 aliphatic heterocycles. The van der Waals surface area contributed by atoms with Crippen molar-refractivity contribution < 1.29 is 0 Å². The van der Waals surface area contributed by atoms with Gasteiger partial charge >= 0.3 is 0 Å². The fraction of sp³-hybridized carbons (Fsp3) is 0.0714. The van der Waals surface area contributed by atoms with Crippen LogP contribution in [0.25, 0.3) is 15.9 Å². The minimum atomic E-state index is 0.465. The Morgan fingerprint density at radius 2 is 2.15 bits per heavy atom. The Balaban J connectivity index is 1.72. The molecule has 20 heavy (non-hydrogen) atoms. The van der Waals surface area contributed by atoms with Crippen LogP contribution in [-0.2, 0) is 6.42 Å². The molecule has 0 saturated heterocycles. The normalized spacial score (nSPS) is 11.4. The molecule has 6 heteroatoms. The molecule has 1 aromatic carbocycles. The fourth-order valence-electron chi connectivity index (χ4n) is 2.21. The van der Waals surface area contributed by atoms with Gasteiger partial charge in [0.1, 0.15) is 5.15 Å². The van der Waals surface area contributed by atoms with E-state index in [4.69, 9.17) is 11.6 Å². The molecule has 0 aliphatic carbocycles. The van der Waals surface area contributed by atoms with Crippen LogP contribution in [0.1, 0.15) is 11.3 Å². The van der Waals surface area contributed by atoms with E-state index in [9.17, 15) is 0 Å². The van der Waals surface area contributed by atoms with Crippen molar-refractivity contribution in [1.29, 1.82) is 0 Å². The van der Waals surface area contributed by atoms with E-state index in [0.717, 1.165) is 23.3 Å². The lowest BCUT2D eigenvalue weighted by atomic mass is 10.1. The second-order valence-electron chi connectivity index (χ2n) is 4.52. The molecule has 4 rings (SSSR count). The highest BCUT2D eigenvalue weighted by atomic mass is 35.5. The van der Waals surface area contributed by atoms with Crippen LogP contribution < -0.4 is 0 Å². The number of benzene rings is 1. The van der Waals surface area contributed by atoms with Gasteiger partial charge in [0, 0.05) is 6.42 Å². The van der Waals surface area contributed by atoms with Gasteiger partial charge in [-0.2, -0.15) is 5.10 Å². The number of hydrogen-bond donors (Lipinski definition) is 0. The first kappa shape index (κ1) is 11.8. The van der Waals surface area contributed by atoms with Gasteiger partial charge in [-0.15, -0.1) is 11.3 Å². The summed E-state index contributed by atoms with van der Waals surface area (Å²) in [5, 5.41) is 4.66. The smallest absolute Gasteiger partial charge is 0.153 e. The van der Waals surface area contributed by atoms with Gasteiger partial charge in [0.2, 0.25) is 0 Å². The van der Waals surface area contributed by atoms with Gasteiger partial charge in [0.15, 0.2) is 5.65 Å². The van der Waals surface area contributed by atoms with Crippen molar-refractivity contribution in [1.82, 2.24) is 19.6 Å². The first-order chi connectivity index (χ1) is 9.78. The molecule has 0 N–H and O–H groups in total. The molecule has 0 spiro atoms.